The number of carboxylic acid groups (broad SMARTS) is 1. The van der Waals surface area contributed by atoms with Crippen molar-refractivity contribution in [3.05, 3.63) is 29.8 Å². The van der Waals surface area contributed by atoms with Crippen molar-refractivity contribution in [3.8, 4) is 5.75 Å². The minimum Gasteiger partial charge on any atom is -0.508 e. The molecule has 0 heterocycles. The molecule has 1 aromatic rings. The van der Waals surface area contributed by atoms with E-state index in [0.717, 1.165) is 0 Å². The molecule has 0 saturated carbocycles. The van der Waals surface area contributed by atoms with Gasteiger partial charge < -0.3 is 42.3 Å². The van der Waals surface area contributed by atoms with Gasteiger partial charge in [0.1, 0.15) is 29.9 Å². The van der Waals surface area contributed by atoms with Gasteiger partial charge in [0.2, 0.25) is 23.6 Å². The maximum absolute atomic E-state index is 13.0. The summed E-state index contributed by atoms with van der Waals surface area (Å²) < 4.78 is 0. The average molecular weight is 634 g/mol. The van der Waals surface area contributed by atoms with Crippen LogP contribution in [0.3, 0.4) is 0 Å². The van der Waals surface area contributed by atoms with Crippen LogP contribution in [0, 0.1) is 0 Å². The van der Waals surface area contributed by atoms with E-state index in [9.17, 15) is 39.3 Å². The Bertz CT molecular complexity index is 1020. The molecular formula is C25H39N5O8S3. The molecule has 4 amide bonds. The Balaban J connectivity index is 2.90. The number of aliphatic hydroxyl groups is 1. The summed E-state index contributed by atoms with van der Waals surface area (Å²) in [5, 5.41) is 38.6. The molecule has 0 aromatic heterocycles. The molecule has 9 N–H and O–H groups in total. The van der Waals surface area contributed by atoms with E-state index in [1.807, 2.05) is 6.26 Å². The number of benzene rings is 1. The number of carboxylic acids is 1. The van der Waals surface area contributed by atoms with Gasteiger partial charge in [0.15, 0.2) is 0 Å². The molecule has 230 valence electrons. The average Bonchev–Trinajstić information content (AvgIpc) is 2.95. The molecule has 0 aliphatic carbocycles. The summed E-state index contributed by atoms with van der Waals surface area (Å²) in [6, 6.07) is -0.102. The lowest BCUT2D eigenvalue weighted by Gasteiger charge is -2.25. The van der Waals surface area contributed by atoms with Crippen molar-refractivity contribution in [2.45, 2.75) is 49.5 Å². The third-order valence-electron chi connectivity index (χ3n) is 5.84. The topological polar surface area (TPSA) is 220 Å². The van der Waals surface area contributed by atoms with Crippen LogP contribution in [0.25, 0.3) is 0 Å². The molecule has 1 aromatic carbocycles. The van der Waals surface area contributed by atoms with Crippen molar-refractivity contribution in [3.63, 3.8) is 0 Å². The van der Waals surface area contributed by atoms with Gasteiger partial charge in [-0.3, -0.25) is 19.2 Å². The molecule has 0 aliphatic rings. The number of thioether (sulfide) groups is 2. The number of nitrogens with one attached hydrogen (secondary N) is 4. The molecule has 16 heteroatoms. The first kappa shape index (κ1) is 36.4. The van der Waals surface area contributed by atoms with Crippen molar-refractivity contribution in [1.82, 2.24) is 21.3 Å². The standard InChI is InChI=1S/C25H39N5O8S3/c1-40-9-7-16(26)21(33)30-20(13-39)24(36)29-19(12-31)23(35)27-17(8-10-41-2)22(34)28-18(25(37)38)11-14-3-5-15(32)6-4-14/h3-6,16-20,31-32,39H,7-13,26H2,1-2H3,(H,27,35)(H,28,34)(H,29,36)(H,30,33)(H,37,38)/t16-,17-,18-,19+,20-/m0/s1. The van der Waals surface area contributed by atoms with Crippen LogP contribution < -0.4 is 27.0 Å². The molecule has 0 aliphatic heterocycles. The molecule has 0 radical (unpaired) electrons. The number of aliphatic carboxylic acids is 1. The number of nitrogens with two attached hydrogens (primary N) is 1. The Morgan fingerprint density at radius 1 is 0.805 bits per heavy atom. The van der Waals surface area contributed by atoms with Crippen LogP contribution in [0.4, 0.5) is 0 Å². The lowest BCUT2D eigenvalue weighted by molar-refractivity contribution is -0.142. The third-order valence-corrected chi connectivity index (χ3v) is 7.49. The van der Waals surface area contributed by atoms with Crippen LogP contribution in [0.15, 0.2) is 24.3 Å². The third kappa shape index (κ3) is 13.2. The van der Waals surface area contributed by atoms with Crippen LogP contribution in [-0.4, -0.2) is 112 Å². The smallest absolute Gasteiger partial charge is 0.326 e. The maximum atomic E-state index is 13.0. The van der Waals surface area contributed by atoms with Crippen LogP contribution >= 0.6 is 36.2 Å². The summed E-state index contributed by atoms with van der Waals surface area (Å²) in [4.78, 5) is 62.9. The van der Waals surface area contributed by atoms with Crippen LogP contribution in [0.5, 0.6) is 5.75 Å². The van der Waals surface area contributed by atoms with Crippen LogP contribution in [-0.2, 0) is 30.4 Å². The summed E-state index contributed by atoms with van der Waals surface area (Å²) in [5.41, 5.74) is 6.39. The first-order valence-electron chi connectivity index (χ1n) is 12.6. The Labute approximate surface area is 252 Å². The van der Waals surface area contributed by atoms with Crippen LogP contribution in [0.1, 0.15) is 18.4 Å². The highest BCUT2D eigenvalue weighted by atomic mass is 32.2. The number of phenolic OH excluding ortho intramolecular Hbond substituents is 1. The highest BCUT2D eigenvalue weighted by molar-refractivity contribution is 7.98. The van der Waals surface area contributed by atoms with E-state index < -0.39 is 66.4 Å². The molecule has 0 saturated heterocycles. The molecule has 13 nitrogen and oxygen atoms in total. The van der Waals surface area contributed by atoms with E-state index in [0.29, 0.717) is 23.5 Å². The summed E-state index contributed by atoms with van der Waals surface area (Å²) in [6.07, 6.45) is 4.12. The quantitative estimate of drug-likeness (QED) is 0.0816. The zero-order valence-corrected chi connectivity index (χ0v) is 25.4. The van der Waals surface area contributed by atoms with Gasteiger partial charge in [0.25, 0.3) is 0 Å². The van der Waals surface area contributed by atoms with Gasteiger partial charge in [-0.2, -0.15) is 36.2 Å². The van der Waals surface area contributed by atoms with Gasteiger partial charge in [-0.1, -0.05) is 12.1 Å². The van der Waals surface area contributed by atoms with Gasteiger partial charge in [0, 0.05) is 12.2 Å². The first-order valence-corrected chi connectivity index (χ1v) is 16.1. The van der Waals surface area contributed by atoms with E-state index >= 15 is 0 Å². The van der Waals surface area contributed by atoms with Crippen molar-refractivity contribution >= 4 is 65.8 Å². The molecule has 5 atom stereocenters. The van der Waals surface area contributed by atoms with E-state index in [1.54, 1.807) is 6.26 Å². The number of phenols is 1. The number of rotatable bonds is 19. The lowest BCUT2D eigenvalue weighted by atomic mass is 10.0. The maximum Gasteiger partial charge on any atom is 0.326 e. The first-order chi connectivity index (χ1) is 19.5. The normalized spacial score (nSPS) is 14.6. The highest BCUT2D eigenvalue weighted by Gasteiger charge is 2.31. The molecule has 0 unspecified atom stereocenters. The second kappa shape index (κ2) is 19.5. The number of amides is 4. The fraction of sp³-hybridized carbons (Fsp3) is 0.560. The van der Waals surface area contributed by atoms with E-state index in [1.165, 1.54) is 47.8 Å². The highest BCUT2D eigenvalue weighted by Crippen LogP contribution is 2.12. The van der Waals surface area contributed by atoms with Crippen molar-refractivity contribution in [2.75, 3.05) is 36.4 Å². The number of aliphatic hydroxyl groups excluding tert-OH is 1. The monoisotopic (exact) mass is 633 g/mol. The zero-order chi connectivity index (χ0) is 30.9. The Morgan fingerprint density at radius 3 is 1.83 bits per heavy atom. The largest absolute Gasteiger partial charge is 0.508 e. The number of carbonyl (C=O) groups is 5. The van der Waals surface area contributed by atoms with Crippen molar-refractivity contribution < 1.29 is 39.3 Å². The van der Waals surface area contributed by atoms with Gasteiger partial charge in [-0.15, -0.1) is 0 Å². The molecule has 0 fully saturated rings. The Hall–Kier alpha value is -2.66. The van der Waals surface area contributed by atoms with Gasteiger partial charge >= 0.3 is 5.97 Å². The number of thiol groups is 1. The number of hydrogen-bond donors (Lipinski definition) is 9. The predicted molar refractivity (Wildman–Crippen MR) is 162 cm³/mol. The fourth-order valence-electron chi connectivity index (χ4n) is 3.43. The van der Waals surface area contributed by atoms with Gasteiger partial charge in [-0.25, -0.2) is 4.79 Å². The fourth-order valence-corrected chi connectivity index (χ4v) is 4.65. The zero-order valence-electron chi connectivity index (χ0n) is 22.9. The summed E-state index contributed by atoms with van der Waals surface area (Å²) in [6.45, 7) is -0.812. The van der Waals surface area contributed by atoms with Gasteiger partial charge in [0.05, 0.1) is 12.6 Å². The van der Waals surface area contributed by atoms with E-state index in [-0.39, 0.29) is 24.3 Å². The summed E-state index contributed by atoms with van der Waals surface area (Å²) >= 11 is 7.00. The molecule has 0 bridgehead atoms. The predicted octanol–water partition coefficient (Wildman–Crippen LogP) is -1.29. The molecule has 0 spiro atoms. The number of carbonyl (C=O) groups excluding carboxylic acids is 4. The summed E-state index contributed by atoms with van der Waals surface area (Å²) in [7, 11) is 0. The SMILES string of the molecule is CSCC[C@H](NC(=O)[C@@H](CO)NC(=O)[C@H](CS)NC(=O)[C@@H](N)CCSC)C(=O)N[C@@H](Cc1ccc(O)cc1)C(=O)O. The van der Waals surface area contributed by atoms with Crippen molar-refractivity contribution in [1.29, 1.82) is 0 Å². The molecule has 41 heavy (non-hydrogen) atoms. The number of hydrogen-bond acceptors (Lipinski definition) is 11. The van der Waals surface area contributed by atoms with Gasteiger partial charge in [-0.05, 0) is 54.6 Å². The second-order valence-corrected chi connectivity index (χ2v) is 11.3. The minimum atomic E-state index is -1.47. The number of aromatic hydroxyl groups is 1. The summed E-state index contributed by atoms with van der Waals surface area (Å²) in [5.74, 6) is -3.30. The van der Waals surface area contributed by atoms with E-state index in [4.69, 9.17) is 5.73 Å². The van der Waals surface area contributed by atoms with Crippen LogP contribution in [0.2, 0.25) is 0 Å². The molecule has 1 rings (SSSR count). The Morgan fingerprint density at radius 2 is 1.29 bits per heavy atom. The Kier molecular flexibility index (Phi) is 17.3. The second-order valence-electron chi connectivity index (χ2n) is 8.99. The lowest BCUT2D eigenvalue weighted by Crippen LogP contribution is -2.59. The van der Waals surface area contributed by atoms with E-state index in [2.05, 4.69) is 33.9 Å². The van der Waals surface area contributed by atoms with Crippen molar-refractivity contribution in [2.24, 2.45) is 5.73 Å². The minimum absolute atomic E-state index is 0.00725. The molecular weight excluding hydrogens is 595 g/mol.